The highest BCUT2D eigenvalue weighted by Crippen LogP contribution is 2.35. The molecule has 3 atom stereocenters. The normalized spacial score (nSPS) is 20.6. The quantitative estimate of drug-likeness (QED) is 0.437. The van der Waals surface area contributed by atoms with E-state index in [0.717, 1.165) is 27.5 Å². The minimum Gasteiger partial charge on any atom is -0.500 e. The molecular weight excluding hydrogens is 462 g/mol. The molecular formula is C32H33NO4. The molecule has 1 heterocycles. The van der Waals surface area contributed by atoms with E-state index in [1.807, 2.05) is 36.4 Å². The van der Waals surface area contributed by atoms with Crippen LogP contribution in [0.4, 0.5) is 0 Å². The first-order valence-electron chi connectivity index (χ1n) is 12.8. The third kappa shape index (κ3) is 5.37. The Balaban J connectivity index is 1.38. The fraction of sp³-hybridized carbons (Fsp3) is 0.312. The molecule has 1 aliphatic carbocycles. The van der Waals surface area contributed by atoms with E-state index in [1.54, 1.807) is 18.4 Å². The highest BCUT2D eigenvalue weighted by atomic mass is 16.5. The summed E-state index contributed by atoms with van der Waals surface area (Å²) in [4.78, 5) is 26.1. The Hall–Kier alpha value is -3.70. The lowest BCUT2D eigenvalue weighted by Gasteiger charge is -2.37. The fourth-order valence-electron chi connectivity index (χ4n) is 5.65. The molecule has 0 saturated heterocycles. The third-order valence-corrected chi connectivity index (χ3v) is 7.56. The molecule has 1 aliphatic heterocycles. The molecule has 3 aromatic carbocycles. The van der Waals surface area contributed by atoms with Crippen LogP contribution in [0.25, 0.3) is 10.8 Å². The van der Waals surface area contributed by atoms with Crippen molar-refractivity contribution in [1.29, 1.82) is 0 Å². The molecule has 5 heteroatoms. The summed E-state index contributed by atoms with van der Waals surface area (Å²) in [6, 6.07) is 24.4. The van der Waals surface area contributed by atoms with Crippen molar-refractivity contribution in [2.45, 2.75) is 37.7 Å². The molecule has 0 fully saturated rings. The first kappa shape index (κ1) is 25.0. The van der Waals surface area contributed by atoms with Gasteiger partial charge in [-0.2, -0.15) is 0 Å². The zero-order valence-corrected chi connectivity index (χ0v) is 21.3. The molecule has 2 aliphatic rings. The van der Waals surface area contributed by atoms with E-state index in [2.05, 4.69) is 55.6 Å². The van der Waals surface area contributed by atoms with Gasteiger partial charge in [0.05, 0.1) is 17.8 Å². The number of amides is 1. The number of carbonyl (C=O) groups is 2. The molecule has 5 rings (SSSR count). The molecule has 1 amide bonds. The number of hydrogen-bond donors (Lipinski definition) is 2. The molecule has 37 heavy (non-hydrogen) atoms. The Kier molecular flexibility index (Phi) is 6.74. The second-order valence-corrected chi connectivity index (χ2v) is 11.0. The second-order valence-electron chi connectivity index (χ2n) is 11.0. The van der Waals surface area contributed by atoms with Crippen molar-refractivity contribution in [1.82, 2.24) is 5.32 Å². The summed E-state index contributed by atoms with van der Waals surface area (Å²) in [5, 5.41) is 17.2. The highest BCUT2D eigenvalue weighted by molar-refractivity contribution is 6.06. The maximum Gasteiger partial charge on any atom is 0.234 e. The van der Waals surface area contributed by atoms with Gasteiger partial charge in [0, 0.05) is 18.5 Å². The standard InChI is InChI=1S/C32H33NO4/c1-31(2,26-10-4-3-5-11-26)20-32(36,17-22-12-13-23-8-6-7-9-24(23)16-22)21-33-30(35)27-15-14-25-18-37-19-28(25)29(27)34/h3-16,18,27-28,36H,17,19-21H2,1-2H3,(H,33,35)/t27-,28?,32+/m0/s1. The Bertz CT molecular complexity index is 1370. The largest absolute Gasteiger partial charge is 0.500 e. The molecule has 0 bridgehead atoms. The number of allylic oxidation sites excluding steroid dienone is 1. The van der Waals surface area contributed by atoms with Gasteiger partial charge in [-0.15, -0.1) is 0 Å². The predicted molar refractivity (Wildman–Crippen MR) is 145 cm³/mol. The molecule has 0 spiro atoms. The third-order valence-electron chi connectivity index (χ3n) is 7.56. The Morgan fingerprint density at radius 2 is 1.76 bits per heavy atom. The number of aliphatic hydroxyl groups is 1. The molecule has 3 aromatic rings. The van der Waals surface area contributed by atoms with Crippen LogP contribution in [0.3, 0.4) is 0 Å². The Morgan fingerprint density at radius 1 is 1.03 bits per heavy atom. The van der Waals surface area contributed by atoms with Crippen LogP contribution < -0.4 is 5.32 Å². The van der Waals surface area contributed by atoms with Gasteiger partial charge in [0.15, 0.2) is 5.78 Å². The molecule has 0 aromatic heterocycles. The van der Waals surface area contributed by atoms with Crippen LogP contribution in [0.1, 0.15) is 31.4 Å². The zero-order chi connectivity index (χ0) is 26.0. The van der Waals surface area contributed by atoms with E-state index in [0.29, 0.717) is 12.8 Å². The minimum absolute atomic E-state index is 0.0381. The van der Waals surface area contributed by atoms with Crippen molar-refractivity contribution in [3.8, 4) is 0 Å². The number of hydrogen-bond acceptors (Lipinski definition) is 4. The lowest BCUT2D eigenvalue weighted by molar-refractivity contribution is -0.134. The average Bonchev–Trinajstić information content (AvgIpc) is 3.38. The number of carbonyl (C=O) groups excluding carboxylic acids is 2. The van der Waals surface area contributed by atoms with Gasteiger partial charge >= 0.3 is 0 Å². The lowest BCUT2D eigenvalue weighted by atomic mass is 9.73. The van der Waals surface area contributed by atoms with Crippen LogP contribution in [0.2, 0.25) is 0 Å². The number of ether oxygens (including phenoxy) is 1. The van der Waals surface area contributed by atoms with Crippen LogP contribution in [-0.4, -0.2) is 35.5 Å². The maximum atomic E-state index is 13.2. The molecule has 0 saturated carbocycles. The molecule has 0 radical (unpaired) electrons. The predicted octanol–water partition coefficient (Wildman–Crippen LogP) is 4.88. The van der Waals surface area contributed by atoms with Crippen molar-refractivity contribution in [3.05, 3.63) is 108 Å². The zero-order valence-electron chi connectivity index (χ0n) is 21.3. The van der Waals surface area contributed by atoms with Gasteiger partial charge in [-0.1, -0.05) is 98.8 Å². The summed E-state index contributed by atoms with van der Waals surface area (Å²) in [7, 11) is 0. The number of benzene rings is 3. The number of ketones is 1. The molecule has 5 nitrogen and oxygen atoms in total. The van der Waals surface area contributed by atoms with Gasteiger partial charge in [0.2, 0.25) is 5.91 Å². The van der Waals surface area contributed by atoms with E-state index in [4.69, 9.17) is 4.74 Å². The van der Waals surface area contributed by atoms with Gasteiger partial charge in [-0.3, -0.25) is 9.59 Å². The van der Waals surface area contributed by atoms with Crippen LogP contribution in [-0.2, 0) is 26.2 Å². The van der Waals surface area contributed by atoms with Gasteiger partial charge < -0.3 is 15.2 Å². The summed E-state index contributed by atoms with van der Waals surface area (Å²) in [6.45, 7) is 4.53. The summed E-state index contributed by atoms with van der Waals surface area (Å²) in [5.41, 5.74) is 1.33. The maximum absolute atomic E-state index is 13.2. The SMILES string of the molecule is CC(C)(C[C@@](O)(CNC(=O)[C@H]1C=CC2=COCC2C1=O)Cc1ccc2ccccc2c1)c1ccccc1. The second kappa shape index (κ2) is 9.98. The van der Waals surface area contributed by atoms with E-state index in [1.165, 1.54) is 0 Å². The number of Topliss-reactive ketones (excluding diaryl/α,β-unsaturated/α-hetero) is 1. The smallest absolute Gasteiger partial charge is 0.234 e. The van der Waals surface area contributed by atoms with Crippen LogP contribution in [0.15, 0.2) is 96.8 Å². The first-order valence-corrected chi connectivity index (χ1v) is 12.8. The average molecular weight is 496 g/mol. The number of rotatable bonds is 8. The van der Waals surface area contributed by atoms with E-state index in [9.17, 15) is 14.7 Å². The van der Waals surface area contributed by atoms with Crippen molar-refractivity contribution >= 4 is 22.5 Å². The number of nitrogens with one attached hydrogen (secondary N) is 1. The Labute approximate surface area is 217 Å². The topological polar surface area (TPSA) is 75.6 Å². The Morgan fingerprint density at radius 3 is 2.54 bits per heavy atom. The summed E-state index contributed by atoms with van der Waals surface area (Å²) in [6.07, 6.45) is 5.80. The van der Waals surface area contributed by atoms with Gasteiger partial charge in [0.25, 0.3) is 0 Å². The van der Waals surface area contributed by atoms with Crippen molar-refractivity contribution < 1.29 is 19.4 Å². The van der Waals surface area contributed by atoms with Crippen LogP contribution in [0.5, 0.6) is 0 Å². The summed E-state index contributed by atoms with van der Waals surface area (Å²) < 4.78 is 5.29. The van der Waals surface area contributed by atoms with E-state index < -0.39 is 17.4 Å². The number of fused-ring (bicyclic) bond motifs is 2. The van der Waals surface area contributed by atoms with Crippen molar-refractivity contribution in [2.24, 2.45) is 11.8 Å². The van der Waals surface area contributed by atoms with Gasteiger partial charge in [0.1, 0.15) is 12.5 Å². The molecule has 1 unspecified atom stereocenters. The van der Waals surface area contributed by atoms with Crippen LogP contribution in [0, 0.1) is 11.8 Å². The fourth-order valence-corrected chi connectivity index (χ4v) is 5.65. The van der Waals surface area contributed by atoms with E-state index >= 15 is 0 Å². The highest BCUT2D eigenvalue weighted by Gasteiger charge is 2.40. The summed E-state index contributed by atoms with van der Waals surface area (Å²) in [5.74, 6) is -1.82. The lowest BCUT2D eigenvalue weighted by Crippen LogP contribution is -2.50. The van der Waals surface area contributed by atoms with Crippen LogP contribution >= 0.6 is 0 Å². The monoisotopic (exact) mass is 495 g/mol. The van der Waals surface area contributed by atoms with Crippen molar-refractivity contribution in [3.63, 3.8) is 0 Å². The minimum atomic E-state index is -1.24. The molecule has 2 N–H and O–H groups in total. The van der Waals surface area contributed by atoms with E-state index in [-0.39, 0.29) is 30.3 Å². The summed E-state index contributed by atoms with van der Waals surface area (Å²) >= 11 is 0. The first-order chi connectivity index (χ1) is 17.7. The molecule has 190 valence electrons. The van der Waals surface area contributed by atoms with Gasteiger partial charge in [-0.05, 0) is 33.7 Å². The van der Waals surface area contributed by atoms with Crippen molar-refractivity contribution in [2.75, 3.05) is 13.2 Å². The van der Waals surface area contributed by atoms with Gasteiger partial charge in [-0.25, -0.2) is 0 Å².